The summed E-state index contributed by atoms with van der Waals surface area (Å²) in [6.07, 6.45) is 0. The number of benzene rings is 2. The molecule has 2 aromatic carbocycles. The highest BCUT2D eigenvalue weighted by Gasteiger charge is 2.14. The van der Waals surface area contributed by atoms with Gasteiger partial charge in [0.15, 0.2) is 5.78 Å². The molecule has 0 saturated heterocycles. The van der Waals surface area contributed by atoms with Crippen LogP contribution in [0.3, 0.4) is 0 Å². The predicted molar refractivity (Wildman–Crippen MR) is 74.6 cm³/mol. The summed E-state index contributed by atoms with van der Waals surface area (Å²) in [5.74, 6) is 0.151. The Morgan fingerprint density at radius 2 is 1.68 bits per heavy atom. The maximum atomic E-state index is 11.9. The van der Waals surface area contributed by atoms with Crippen LogP contribution in [0.1, 0.15) is 10.4 Å². The SMILES string of the molecule is O=C(CSc1ccccc1[N+](=O)[O-])c1ccccc1. The third-order valence-electron chi connectivity index (χ3n) is 2.52. The molecule has 0 bridgehead atoms. The second kappa shape index (κ2) is 6.15. The summed E-state index contributed by atoms with van der Waals surface area (Å²) < 4.78 is 0. The number of Topliss-reactive ketones (excluding diaryl/α,β-unsaturated/α-hetero) is 1. The van der Waals surface area contributed by atoms with Crippen LogP contribution in [0.2, 0.25) is 0 Å². The molecule has 0 atom stereocenters. The molecule has 0 fully saturated rings. The number of hydrogen-bond acceptors (Lipinski definition) is 4. The molecule has 2 rings (SSSR count). The molecule has 0 aliphatic heterocycles. The van der Waals surface area contributed by atoms with Gasteiger partial charge in [-0.05, 0) is 6.07 Å². The Morgan fingerprint density at radius 1 is 1.05 bits per heavy atom. The van der Waals surface area contributed by atoms with Crippen molar-refractivity contribution in [1.82, 2.24) is 0 Å². The Kier molecular flexibility index (Phi) is 4.30. The molecule has 0 aliphatic rings. The first-order chi connectivity index (χ1) is 9.18. The molecule has 19 heavy (non-hydrogen) atoms. The highest BCUT2D eigenvalue weighted by Crippen LogP contribution is 2.28. The van der Waals surface area contributed by atoms with E-state index in [0.29, 0.717) is 10.5 Å². The first-order valence-electron chi connectivity index (χ1n) is 5.63. The highest BCUT2D eigenvalue weighted by molar-refractivity contribution is 8.00. The van der Waals surface area contributed by atoms with Crippen molar-refractivity contribution in [1.29, 1.82) is 0 Å². The Balaban J connectivity index is 2.07. The van der Waals surface area contributed by atoms with E-state index in [-0.39, 0.29) is 17.2 Å². The van der Waals surface area contributed by atoms with Gasteiger partial charge in [-0.3, -0.25) is 14.9 Å². The molecule has 0 radical (unpaired) electrons. The molecular formula is C14H11NO3S. The number of thioether (sulfide) groups is 1. The largest absolute Gasteiger partial charge is 0.293 e. The summed E-state index contributed by atoms with van der Waals surface area (Å²) >= 11 is 1.19. The van der Waals surface area contributed by atoms with Crippen molar-refractivity contribution in [2.45, 2.75) is 4.90 Å². The van der Waals surface area contributed by atoms with Crippen LogP contribution in [-0.4, -0.2) is 16.5 Å². The average molecular weight is 273 g/mol. The lowest BCUT2D eigenvalue weighted by Gasteiger charge is -2.02. The number of hydrogen-bond donors (Lipinski definition) is 0. The summed E-state index contributed by atoms with van der Waals surface area (Å²) in [6.45, 7) is 0. The van der Waals surface area contributed by atoms with Gasteiger partial charge in [0.2, 0.25) is 0 Å². The molecule has 0 spiro atoms. The zero-order valence-electron chi connectivity index (χ0n) is 9.98. The minimum atomic E-state index is -0.435. The van der Waals surface area contributed by atoms with Gasteiger partial charge in [-0.1, -0.05) is 42.5 Å². The molecule has 0 aliphatic carbocycles. The Morgan fingerprint density at radius 3 is 2.37 bits per heavy atom. The van der Waals surface area contributed by atoms with Gasteiger partial charge in [0.25, 0.3) is 5.69 Å². The van der Waals surface area contributed by atoms with Gasteiger partial charge in [-0.2, -0.15) is 0 Å². The normalized spacial score (nSPS) is 10.1. The Labute approximate surface area is 114 Å². The zero-order chi connectivity index (χ0) is 13.7. The third-order valence-corrected chi connectivity index (χ3v) is 3.58. The quantitative estimate of drug-likeness (QED) is 0.361. The second-order valence-corrected chi connectivity index (χ2v) is 4.82. The minimum absolute atomic E-state index is 0.0355. The molecule has 0 aromatic heterocycles. The van der Waals surface area contributed by atoms with Crippen molar-refractivity contribution in [3.8, 4) is 0 Å². The van der Waals surface area contributed by atoms with E-state index in [1.165, 1.54) is 17.8 Å². The summed E-state index contributed by atoms with van der Waals surface area (Å²) in [5.41, 5.74) is 0.655. The van der Waals surface area contributed by atoms with E-state index in [9.17, 15) is 14.9 Å². The van der Waals surface area contributed by atoms with Crippen molar-refractivity contribution in [3.05, 3.63) is 70.3 Å². The fourth-order valence-corrected chi connectivity index (χ4v) is 2.50. The summed E-state index contributed by atoms with van der Waals surface area (Å²) in [7, 11) is 0. The standard InChI is InChI=1S/C14H11NO3S/c16-13(11-6-2-1-3-7-11)10-19-14-9-5-4-8-12(14)15(17)18/h1-9H,10H2. The number of para-hydroxylation sites is 1. The number of nitrogens with zero attached hydrogens (tertiary/aromatic N) is 1. The zero-order valence-corrected chi connectivity index (χ0v) is 10.8. The van der Waals surface area contributed by atoms with Gasteiger partial charge >= 0.3 is 0 Å². The van der Waals surface area contributed by atoms with E-state index < -0.39 is 4.92 Å². The second-order valence-electron chi connectivity index (χ2n) is 3.80. The van der Waals surface area contributed by atoms with Gasteiger partial charge < -0.3 is 0 Å². The van der Waals surface area contributed by atoms with Crippen LogP contribution in [0.4, 0.5) is 5.69 Å². The fourth-order valence-electron chi connectivity index (χ4n) is 1.58. The third kappa shape index (κ3) is 3.42. The van der Waals surface area contributed by atoms with E-state index in [1.807, 2.05) is 6.07 Å². The number of carbonyl (C=O) groups excluding carboxylic acids is 1. The van der Waals surface area contributed by atoms with E-state index in [4.69, 9.17) is 0 Å². The minimum Gasteiger partial charge on any atom is -0.293 e. The summed E-state index contributed by atoms with van der Waals surface area (Å²) in [4.78, 5) is 22.8. The molecule has 0 amide bonds. The van der Waals surface area contributed by atoms with Gasteiger partial charge in [-0.15, -0.1) is 11.8 Å². The van der Waals surface area contributed by atoms with E-state index in [1.54, 1.807) is 42.5 Å². The Bertz CT molecular complexity index is 599. The van der Waals surface area contributed by atoms with Crippen LogP contribution in [-0.2, 0) is 0 Å². The molecule has 0 heterocycles. The Hall–Kier alpha value is -2.14. The lowest BCUT2D eigenvalue weighted by molar-refractivity contribution is -0.387. The number of nitro benzene ring substituents is 1. The molecule has 0 N–H and O–H groups in total. The number of ketones is 1. The van der Waals surface area contributed by atoms with E-state index in [0.717, 1.165) is 0 Å². The lowest BCUT2D eigenvalue weighted by atomic mass is 10.2. The maximum absolute atomic E-state index is 11.9. The number of rotatable bonds is 5. The van der Waals surface area contributed by atoms with Crippen LogP contribution in [0, 0.1) is 10.1 Å². The molecule has 0 saturated carbocycles. The topological polar surface area (TPSA) is 60.2 Å². The molecular weight excluding hydrogens is 262 g/mol. The molecule has 0 unspecified atom stereocenters. The maximum Gasteiger partial charge on any atom is 0.282 e. The van der Waals surface area contributed by atoms with Crippen molar-refractivity contribution >= 4 is 23.2 Å². The van der Waals surface area contributed by atoms with Crippen LogP contribution < -0.4 is 0 Å². The van der Waals surface area contributed by atoms with Crippen LogP contribution >= 0.6 is 11.8 Å². The van der Waals surface area contributed by atoms with Crippen LogP contribution in [0.5, 0.6) is 0 Å². The van der Waals surface area contributed by atoms with Gasteiger partial charge in [0, 0.05) is 11.6 Å². The summed E-state index contributed by atoms with van der Waals surface area (Å²) in [5, 5.41) is 10.8. The van der Waals surface area contributed by atoms with E-state index >= 15 is 0 Å². The van der Waals surface area contributed by atoms with Crippen LogP contribution in [0.15, 0.2) is 59.5 Å². The molecule has 2 aromatic rings. The lowest BCUT2D eigenvalue weighted by Crippen LogP contribution is -2.02. The molecule has 4 nitrogen and oxygen atoms in total. The van der Waals surface area contributed by atoms with Crippen molar-refractivity contribution in [3.63, 3.8) is 0 Å². The molecule has 96 valence electrons. The number of nitro groups is 1. The van der Waals surface area contributed by atoms with E-state index in [2.05, 4.69) is 0 Å². The van der Waals surface area contributed by atoms with Gasteiger partial charge in [0.05, 0.1) is 15.6 Å². The van der Waals surface area contributed by atoms with Crippen molar-refractivity contribution < 1.29 is 9.72 Å². The number of carbonyl (C=O) groups is 1. The average Bonchev–Trinajstić information content (AvgIpc) is 2.46. The highest BCUT2D eigenvalue weighted by atomic mass is 32.2. The van der Waals surface area contributed by atoms with Gasteiger partial charge in [-0.25, -0.2) is 0 Å². The predicted octanol–water partition coefficient (Wildman–Crippen LogP) is 3.57. The first-order valence-corrected chi connectivity index (χ1v) is 6.61. The van der Waals surface area contributed by atoms with Crippen molar-refractivity contribution in [2.24, 2.45) is 0 Å². The fraction of sp³-hybridized carbons (Fsp3) is 0.0714. The van der Waals surface area contributed by atoms with Gasteiger partial charge in [0.1, 0.15) is 0 Å². The molecule has 5 heteroatoms. The van der Waals surface area contributed by atoms with Crippen LogP contribution in [0.25, 0.3) is 0 Å². The monoisotopic (exact) mass is 273 g/mol. The summed E-state index contributed by atoms with van der Waals surface area (Å²) in [6, 6.07) is 15.3. The first kappa shape index (κ1) is 13.3. The smallest absolute Gasteiger partial charge is 0.282 e. The van der Waals surface area contributed by atoms with Crippen molar-refractivity contribution in [2.75, 3.05) is 5.75 Å².